The molecule has 0 saturated heterocycles. The lowest BCUT2D eigenvalue weighted by Gasteiger charge is -2.30. The second kappa shape index (κ2) is 31.3. The van der Waals surface area contributed by atoms with Gasteiger partial charge in [-0.3, -0.25) is 24.0 Å². The van der Waals surface area contributed by atoms with Crippen LogP contribution < -0.4 is 36.8 Å². The van der Waals surface area contributed by atoms with Crippen molar-refractivity contribution in [1.29, 1.82) is 5.53 Å². The molecule has 396 valence electrons. The van der Waals surface area contributed by atoms with Crippen LogP contribution in [0.1, 0.15) is 105 Å². The van der Waals surface area contributed by atoms with Crippen molar-refractivity contribution in [2.24, 2.45) is 5.11 Å². The number of carbonyl (C=O) groups excluding carboxylic acids is 6. The molecule has 0 aliphatic carbocycles. The van der Waals surface area contributed by atoms with Gasteiger partial charge in [-0.1, -0.05) is 86.0 Å². The maximum Gasteiger partial charge on any atom is 0.407 e. The van der Waals surface area contributed by atoms with Gasteiger partial charge in [0.15, 0.2) is 6.49 Å². The number of ether oxygens (including phenoxy) is 1. The summed E-state index contributed by atoms with van der Waals surface area (Å²) >= 11 is 9.09. The summed E-state index contributed by atoms with van der Waals surface area (Å²) in [5.41, 5.74) is 15.2. The van der Waals surface area contributed by atoms with Crippen LogP contribution in [0.3, 0.4) is 0 Å². The summed E-state index contributed by atoms with van der Waals surface area (Å²) in [6.45, 7) is 0.304. The highest BCUT2D eigenvalue weighted by Crippen LogP contribution is 2.38. The molecule has 4 aromatic carbocycles. The number of hydrogen-bond donors (Lipinski definition) is 9. The summed E-state index contributed by atoms with van der Waals surface area (Å²) < 4.78 is 10.5. The molecule has 6 amide bonds. The largest absolute Gasteiger partial charge is 0.445 e. The highest BCUT2D eigenvalue weighted by atomic mass is 32.5. The molecule has 1 aliphatic rings. The highest BCUT2D eigenvalue weighted by Gasteiger charge is 2.27. The van der Waals surface area contributed by atoms with E-state index in [2.05, 4.69) is 49.6 Å². The van der Waals surface area contributed by atoms with Crippen molar-refractivity contribution < 1.29 is 42.9 Å². The second-order valence-corrected chi connectivity index (χ2v) is 21.9. The standard InChI is InChI=1S/C53H68N9O9PS2/c1-72(69,74)71-32-14-3-2-12-31-56-53(68)70-36-38-22-26-41(27-23-38)59-48(65)34-58-47(64)20-10-11-21-50(67)62-35-40-15-6-7-16-43(40)51(52(61-54)44-17-8-9-18-45(44)62)55-30-13-4-5-19-46(63)57-33-49(66)60-42-28-24-39(37-73)25-29-42/h6-9,15-18,22-29,54-55,73H,2-5,10-14,19-21,30-37H2,1H3,(H,56,68)(H,57,63)(H,58,64)(H,59,65)(H,60,66)(H,69,74)/b52-51-,61-54?. The molecule has 0 radical (unpaired) electrons. The van der Waals surface area contributed by atoms with E-state index in [0.717, 1.165) is 60.8 Å². The van der Waals surface area contributed by atoms with E-state index in [1.54, 1.807) is 41.3 Å². The molecule has 0 spiro atoms. The molecule has 5 rings (SSSR count). The van der Waals surface area contributed by atoms with E-state index >= 15 is 0 Å². The number of benzene rings is 4. The van der Waals surface area contributed by atoms with Gasteiger partial charge in [0.2, 0.25) is 29.5 Å². The summed E-state index contributed by atoms with van der Waals surface area (Å²) in [6.07, 6.45) is 6.32. The number of para-hydroxylation sites is 1. The lowest BCUT2D eigenvalue weighted by Crippen LogP contribution is -2.33. The Morgan fingerprint density at radius 2 is 1.23 bits per heavy atom. The third-order valence-corrected chi connectivity index (χ3v) is 13.1. The van der Waals surface area contributed by atoms with Gasteiger partial charge in [-0.05, 0) is 97.4 Å². The molecule has 1 heterocycles. The summed E-state index contributed by atoms with van der Waals surface area (Å²) in [5, 5.41) is 21.1. The van der Waals surface area contributed by atoms with Crippen molar-refractivity contribution in [1.82, 2.24) is 21.3 Å². The van der Waals surface area contributed by atoms with Crippen molar-refractivity contribution in [3.05, 3.63) is 125 Å². The Labute approximate surface area is 443 Å². The van der Waals surface area contributed by atoms with Gasteiger partial charge in [0.25, 0.3) is 0 Å². The Morgan fingerprint density at radius 1 is 0.676 bits per heavy atom. The van der Waals surface area contributed by atoms with Gasteiger partial charge in [0.05, 0.1) is 37.6 Å². The average Bonchev–Trinajstić information content (AvgIpc) is 3.38. The summed E-state index contributed by atoms with van der Waals surface area (Å²) in [6, 6.07) is 29.2. The van der Waals surface area contributed by atoms with Crippen molar-refractivity contribution in [2.45, 2.75) is 96.0 Å². The van der Waals surface area contributed by atoms with Crippen LogP contribution in [0.25, 0.3) is 11.4 Å². The van der Waals surface area contributed by atoms with E-state index in [9.17, 15) is 33.7 Å². The van der Waals surface area contributed by atoms with Crippen LogP contribution in [-0.2, 0) is 63.9 Å². The molecule has 1 atom stereocenters. The number of hydrogen-bond acceptors (Lipinski definition) is 13. The Bertz CT molecular complexity index is 2610. The smallest absolute Gasteiger partial charge is 0.407 e. The maximum atomic E-state index is 14.0. The second-order valence-electron chi connectivity index (χ2n) is 17.7. The van der Waals surface area contributed by atoms with E-state index in [-0.39, 0.29) is 69.1 Å². The molecule has 8 N–H and O–H groups in total. The van der Waals surface area contributed by atoms with Crippen LogP contribution in [-0.4, -0.2) is 80.0 Å². The van der Waals surface area contributed by atoms with Crippen LogP contribution >= 0.6 is 19.1 Å². The Morgan fingerprint density at radius 3 is 1.86 bits per heavy atom. The number of thiol groups is 1. The molecule has 21 heteroatoms. The molecule has 4 aromatic rings. The third-order valence-electron chi connectivity index (χ3n) is 11.7. The first-order valence-electron chi connectivity index (χ1n) is 24.8. The SMILES string of the molecule is CP(O)(=S)OCCCCCCNC(=O)OCc1ccc(NC(=O)CNC(=O)CCCCC(=O)N2Cc3ccccc3/C(NCCCCCC(=O)NCC(=O)Nc3ccc(CS)cc3)=C(/N=N)c3ccccc32)cc1. The molecule has 74 heavy (non-hydrogen) atoms. The number of fused-ring (bicyclic) bond motifs is 2. The zero-order valence-electron chi connectivity index (χ0n) is 41.8. The van der Waals surface area contributed by atoms with Crippen molar-refractivity contribution in [3.63, 3.8) is 0 Å². The lowest BCUT2D eigenvalue weighted by atomic mass is 9.95. The normalized spacial score (nSPS) is 13.6. The maximum absolute atomic E-state index is 14.0. The zero-order chi connectivity index (χ0) is 53.1. The molecule has 0 saturated carbocycles. The fourth-order valence-electron chi connectivity index (χ4n) is 7.87. The zero-order valence-corrected chi connectivity index (χ0v) is 44.4. The fourth-order valence-corrected chi connectivity index (χ4v) is 8.77. The Hall–Kier alpha value is -6.44. The molecule has 1 unspecified atom stereocenters. The number of carbonyl (C=O) groups is 6. The predicted molar refractivity (Wildman–Crippen MR) is 295 cm³/mol. The van der Waals surface area contributed by atoms with E-state index in [4.69, 9.17) is 26.6 Å². The Balaban J connectivity index is 1.00. The average molecular weight is 1070 g/mol. The van der Waals surface area contributed by atoms with Crippen molar-refractivity contribution in [3.8, 4) is 0 Å². The van der Waals surface area contributed by atoms with Gasteiger partial charge in [-0.15, -0.1) is 0 Å². The molecule has 0 bridgehead atoms. The van der Waals surface area contributed by atoms with Crippen LogP contribution in [0.15, 0.2) is 102 Å². The van der Waals surface area contributed by atoms with E-state index in [1.807, 2.05) is 60.7 Å². The van der Waals surface area contributed by atoms with Crippen molar-refractivity contribution in [2.75, 3.05) is 55.0 Å². The summed E-state index contributed by atoms with van der Waals surface area (Å²) in [7, 11) is 0. The first kappa shape index (κ1) is 58.4. The third kappa shape index (κ3) is 20.8. The van der Waals surface area contributed by atoms with Gasteiger partial charge in [0, 0.05) is 67.3 Å². The monoisotopic (exact) mass is 1070 g/mol. The fraction of sp³-hybridized carbons (Fsp3) is 0.396. The minimum Gasteiger partial charge on any atom is -0.445 e. The number of amides is 6. The Kier molecular flexibility index (Phi) is 24.7. The summed E-state index contributed by atoms with van der Waals surface area (Å²) in [4.78, 5) is 87.5. The van der Waals surface area contributed by atoms with Gasteiger partial charge < -0.3 is 51.0 Å². The van der Waals surface area contributed by atoms with E-state index in [1.165, 1.54) is 6.66 Å². The van der Waals surface area contributed by atoms with Crippen LogP contribution in [0.2, 0.25) is 0 Å². The molecule has 0 fully saturated rings. The highest BCUT2D eigenvalue weighted by molar-refractivity contribution is 8.09. The first-order valence-corrected chi connectivity index (χ1v) is 28.6. The lowest BCUT2D eigenvalue weighted by molar-refractivity contribution is -0.124. The molecule has 1 aliphatic heterocycles. The number of anilines is 3. The van der Waals surface area contributed by atoms with Gasteiger partial charge in [0.1, 0.15) is 12.3 Å². The number of nitrogens with zero attached hydrogens (tertiary/aromatic N) is 2. The molecular weight excluding hydrogens is 1000 g/mol. The number of rotatable bonds is 30. The van der Waals surface area contributed by atoms with Crippen LogP contribution in [0.5, 0.6) is 0 Å². The van der Waals surface area contributed by atoms with Gasteiger partial charge in [-0.2, -0.15) is 17.7 Å². The molecular formula is C53H68N9O9PS2. The number of unbranched alkanes of at least 4 members (excludes halogenated alkanes) is 6. The van der Waals surface area contributed by atoms with Gasteiger partial charge in [-0.25, -0.2) is 10.3 Å². The minimum atomic E-state index is -2.62. The van der Waals surface area contributed by atoms with Crippen molar-refractivity contribution >= 4 is 95.0 Å². The predicted octanol–water partition coefficient (Wildman–Crippen LogP) is 8.77. The van der Waals surface area contributed by atoms with Crippen LogP contribution in [0, 0.1) is 5.53 Å². The first-order chi connectivity index (χ1) is 35.7. The molecule has 0 aromatic heterocycles. The summed E-state index contributed by atoms with van der Waals surface area (Å²) in [5.74, 6) is -0.790. The topological polar surface area (TPSA) is 253 Å². The quantitative estimate of drug-likeness (QED) is 0.0103. The number of nitrogens with one attached hydrogen (secondary N) is 7. The van der Waals surface area contributed by atoms with E-state index in [0.29, 0.717) is 78.7 Å². The van der Waals surface area contributed by atoms with Gasteiger partial charge >= 0.3 is 6.09 Å². The van der Waals surface area contributed by atoms with E-state index < -0.39 is 18.5 Å². The minimum absolute atomic E-state index is 0.0521. The molecule has 18 nitrogen and oxygen atoms in total. The van der Waals surface area contributed by atoms with Crippen LogP contribution in [0.4, 0.5) is 21.9 Å². The number of alkyl carbamates (subject to hydrolysis) is 1.